The Bertz CT molecular complexity index is 734. The number of amides is 1. The van der Waals surface area contributed by atoms with E-state index >= 15 is 0 Å². The fourth-order valence-electron chi connectivity index (χ4n) is 2.75. The van der Waals surface area contributed by atoms with Gasteiger partial charge in [-0.25, -0.2) is 8.42 Å². The average Bonchev–Trinajstić information content (AvgIpc) is 2.58. The minimum atomic E-state index is -3.87. The second-order valence-electron chi connectivity index (χ2n) is 6.45. The molecular formula is C17H26ClN3O4S. The van der Waals surface area contributed by atoms with Crippen LogP contribution >= 0.6 is 11.6 Å². The molecule has 1 amide bonds. The largest absolute Gasteiger partial charge is 0.492 e. The van der Waals surface area contributed by atoms with Gasteiger partial charge >= 0.3 is 0 Å². The summed E-state index contributed by atoms with van der Waals surface area (Å²) in [6, 6.07) is 3.41. The first-order valence-electron chi connectivity index (χ1n) is 8.66. The van der Waals surface area contributed by atoms with E-state index in [-0.39, 0.29) is 21.9 Å². The smallest absolute Gasteiger partial charge is 0.241 e. The van der Waals surface area contributed by atoms with Crippen LogP contribution in [0.25, 0.3) is 0 Å². The van der Waals surface area contributed by atoms with E-state index in [0.717, 1.165) is 25.9 Å². The van der Waals surface area contributed by atoms with Gasteiger partial charge in [-0.05, 0) is 65.0 Å². The normalized spacial score (nSPS) is 17.7. The van der Waals surface area contributed by atoms with Crippen LogP contribution < -0.4 is 14.8 Å². The molecule has 0 aromatic heterocycles. The quantitative estimate of drug-likeness (QED) is 0.722. The molecule has 26 heavy (non-hydrogen) atoms. The summed E-state index contributed by atoms with van der Waals surface area (Å²) < 4.78 is 32.7. The van der Waals surface area contributed by atoms with Crippen LogP contribution in [-0.4, -0.2) is 58.1 Å². The highest BCUT2D eigenvalue weighted by atomic mass is 35.5. The standard InChI is InChI=1S/C17H26ClN3O4S/c1-4-25-16-6-5-14(11-15(16)18)26(23,24)20-12(2)17(22)19-13-7-9-21(3)10-8-13/h5-6,11-13,20H,4,7-10H2,1-3H3,(H,19,22)/t12-/m0/s1. The zero-order valence-corrected chi connectivity index (χ0v) is 16.9. The zero-order valence-electron chi connectivity index (χ0n) is 15.3. The second-order valence-corrected chi connectivity index (χ2v) is 8.58. The first-order chi connectivity index (χ1) is 12.2. The Morgan fingerprint density at radius 2 is 2.04 bits per heavy atom. The first kappa shape index (κ1) is 21.0. The number of nitrogens with zero attached hydrogens (tertiary/aromatic N) is 1. The fraction of sp³-hybridized carbons (Fsp3) is 0.588. The van der Waals surface area contributed by atoms with Crippen molar-refractivity contribution in [2.75, 3.05) is 26.7 Å². The number of carbonyl (C=O) groups is 1. The Balaban J connectivity index is 1.99. The van der Waals surface area contributed by atoms with Gasteiger partial charge in [0.1, 0.15) is 5.75 Å². The number of benzene rings is 1. The van der Waals surface area contributed by atoms with E-state index in [9.17, 15) is 13.2 Å². The molecule has 0 spiro atoms. The van der Waals surface area contributed by atoms with Crippen LogP contribution in [0, 0.1) is 0 Å². The molecule has 1 saturated heterocycles. The lowest BCUT2D eigenvalue weighted by Gasteiger charge is -2.30. The number of halogens is 1. The van der Waals surface area contributed by atoms with E-state index in [0.29, 0.717) is 12.4 Å². The Kier molecular flexibility index (Phi) is 7.28. The molecule has 0 aliphatic carbocycles. The number of hydrogen-bond donors (Lipinski definition) is 2. The molecule has 2 N–H and O–H groups in total. The number of hydrogen-bond acceptors (Lipinski definition) is 5. The Hall–Kier alpha value is -1.35. The van der Waals surface area contributed by atoms with Crippen molar-refractivity contribution in [1.82, 2.24) is 14.9 Å². The number of ether oxygens (including phenoxy) is 1. The Morgan fingerprint density at radius 3 is 2.62 bits per heavy atom. The van der Waals surface area contributed by atoms with Crippen molar-refractivity contribution in [3.63, 3.8) is 0 Å². The summed E-state index contributed by atoms with van der Waals surface area (Å²) in [5.74, 6) is 0.0846. The fourth-order valence-corrected chi connectivity index (χ4v) is 4.28. The topological polar surface area (TPSA) is 87.7 Å². The van der Waals surface area contributed by atoms with E-state index in [1.807, 2.05) is 14.0 Å². The summed E-state index contributed by atoms with van der Waals surface area (Å²) in [5.41, 5.74) is 0. The SMILES string of the molecule is CCOc1ccc(S(=O)(=O)N[C@@H](C)C(=O)NC2CCN(C)CC2)cc1Cl. The van der Waals surface area contributed by atoms with Crippen molar-refractivity contribution in [2.24, 2.45) is 0 Å². The van der Waals surface area contributed by atoms with Gasteiger partial charge in [-0.2, -0.15) is 4.72 Å². The molecule has 0 bridgehead atoms. The van der Waals surface area contributed by atoms with Gasteiger partial charge in [0.25, 0.3) is 0 Å². The van der Waals surface area contributed by atoms with Gasteiger partial charge in [-0.15, -0.1) is 0 Å². The molecule has 1 aromatic rings. The van der Waals surface area contributed by atoms with Crippen molar-refractivity contribution >= 4 is 27.5 Å². The highest BCUT2D eigenvalue weighted by Gasteiger charge is 2.25. The molecule has 1 fully saturated rings. The average molecular weight is 404 g/mol. The van der Waals surface area contributed by atoms with Crippen LogP contribution in [0.2, 0.25) is 5.02 Å². The number of likely N-dealkylation sites (tertiary alicyclic amines) is 1. The summed E-state index contributed by atoms with van der Waals surface area (Å²) in [6.07, 6.45) is 1.71. The van der Waals surface area contributed by atoms with Crippen LogP contribution in [0.15, 0.2) is 23.1 Å². The molecule has 1 aliphatic rings. The highest BCUT2D eigenvalue weighted by molar-refractivity contribution is 7.89. The monoisotopic (exact) mass is 403 g/mol. The molecule has 1 atom stereocenters. The van der Waals surface area contributed by atoms with Crippen molar-refractivity contribution < 1.29 is 17.9 Å². The lowest BCUT2D eigenvalue weighted by molar-refractivity contribution is -0.123. The van der Waals surface area contributed by atoms with Crippen LogP contribution in [-0.2, 0) is 14.8 Å². The highest BCUT2D eigenvalue weighted by Crippen LogP contribution is 2.27. The molecule has 2 rings (SSSR count). The molecule has 146 valence electrons. The number of piperidine rings is 1. The minimum absolute atomic E-state index is 0.00936. The van der Waals surface area contributed by atoms with Crippen molar-refractivity contribution in [3.8, 4) is 5.75 Å². The van der Waals surface area contributed by atoms with E-state index < -0.39 is 16.1 Å². The van der Waals surface area contributed by atoms with Crippen molar-refractivity contribution in [2.45, 2.75) is 43.7 Å². The van der Waals surface area contributed by atoms with E-state index in [2.05, 4.69) is 14.9 Å². The van der Waals surface area contributed by atoms with E-state index in [1.165, 1.54) is 25.1 Å². The second kappa shape index (κ2) is 9.03. The molecule has 0 radical (unpaired) electrons. The summed E-state index contributed by atoms with van der Waals surface area (Å²) >= 11 is 6.05. The zero-order chi connectivity index (χ0) is 19.3. The van der Waals surface area contributed by atoms with Gasteiger partial charge in [0.2, 0.25) is 15.9 Å². The number of sulfonamides is 1. The first-order valence-corrected chi connectivity index (χ1v) is 10.5. The van der Waals surface area contributed by atoms with Crippen molar-refractivity contribution in [1.29, 1.82) is 0 Å². The van der Waals surface area contributed by atoms with Gasteiger partial charge in [0.15, 0.2) is 0 Å². The summed E-state index contributed by atoms with van der Waals surface area (Å²) in [6.45, 7) is 5.59. The van der Waals surface area contributed by atoms with Gasteiger partial charge in [-0.3, -0.25) is 4.79 Å². The Labute approximate surface area is 160 Å². The third-order valence-corrected chi connectivity index (χ3v) is 6.14. The number of carbonyl (C=O) groups excluding carboxylic acids is 1. The molecule has 0 saturated carbocycles. The van der Waals surface area contributed by atoms with Crippen LogP contribution in [0.5, 0.6) is 5.75 Å². The molecule has 0 unspecified atom stereocenters. The summed E-state index contributed by atoms with van der Waals surface area (Å²) in [7, 11) is -1.83. The molecule has 9 heteroatoms. The van der Waals surface area contributed by atoms with Gasteiger partial charge in [0.05, 0.1) is 22.6 Å². The van der Waals surface area contributed by atoms with Gasteiger partial charge in [0, 0.05) is 6.04 Å². The van der Waals surface area contributed by atoms with Gasteiger partial charge in [-0.1, -0.05) is 11.6 Å². The maximum absolute atomic E-state index is 12.5. The Morgan fingerprint density at radius 1 is 1.38 bits per heavy atom. The number of nitrogens with one attached hydrogen (secondary N) is 2. The molecule has 1 heterocycles. The molecule has 1 aromatic carbocycles. The third-order valence-electron chi connectivity index (χ3n) is 4.30. The lowest BCUT2D eigenvalue weighted by Crippen LogP contribution is -2.50. The minimum Gasteiger partial charge on any atom is -0.492 e. The maximum Gasteiger partial charge on any atom is 0.241 e. The van der Waals surface area contributed by atoms with E-state index in [1.54, 1.807) is 0 Å². The van der Waals surface area contributed by atoms with E-state index in [4.69, 9.17) is 16.3 Å². The molecular weight excluding hydrogens is 378 g/mol. The maximum atomic E-state index is 12.5. The van der Waals surface area contributed by atoms with Crippen LogP contribution in [0.4, 0.5) is 0 Å². The van der Waals surface area contributed by atoms with Crippen LogP contribution in [0.1, 0.15) is 26.7 Å². The molecule has 1 aliphatic heterocycles. The summed E-state index contributed by atoms with van der Waals surface area (Å²) in [4.78, 5) is 14.5. The molecule has 7 nitrogen and oxygen atoms in total. The number of rotatable bonds is 7. The third kappa shape index (κ3) is 5.57. The van der Waals surface area contributed by atoms with Crippen molar-refractivity contribution in [3.05, 3.63) is 23.2 Å². The van der Waals surface area contributed by atoms with Crippen LogP contribution in [0.3, 0.4) is 0 Å². The predicted molar refractivity (Wildman–Crippen MR) is 101 cm³/mol. The predicted octanol–water partition coefficient (Wildman–Crippen LogP) is 1.62. The summed E-state index contributed by atoms with van der Waals surface area (Å²) in [5, 5.41) is 3.12. The van der Waals surface area contributed by atoms with Gasteiger partial charge < -0.3 is 15.0 Å². The lowest BCUT2D eigenvalue weighted by atomic mass is 10.1.